The van der Waals surface area contributed by atoms with Gasteiger partial charge in [0.1, 0.15) is 23.8 Å². The maximum absolute atomic E-state index is 12.0. The normalized spacial score (nSPS) is 16.0. The molecule has 10 nitrogen and oxygen atoms in total. The van der Waals surface area contributed by atoms with E-state index in [1.807, 2.05) is 0 Å². The third kappa shape index (κ3) is 4.84. The number of amides is 1. The van der Waals surface area contributed by atoms with Crippen molar-refractivity contribution in [1.29, 1.82) is 0 Å². The zero-order valence-corrected chi connectivity index (χ0v) is 18.1. The lowest BCUT2D eigenvalue weighted by atomic mass is 9.99. The number of nitrogens with zero attached hydrogens (tertiary/aromatic N) is 3. The SMILES string of the molecule is CS(=O)(=O)c1ccccc1Nc1cc(Nc2ccc(C(N)=O)c(C3CCOC3)n2)ncn1. The van der Waals surface area contributed by atoms with Crippen LogP contribution in [0, 0.1) is 0 Å². The van der Waals surface area contributed by atoms with Gasteiger partial charge < -0.3 is 21.1 Å². The van der Waals surface area contributed by atoms with Crippen LogP contribution in [0.15, 0.2) is 53.7 Å². The Morgan fingerprint density at radius 1 is 1.09 bits per heavy atom. The number of pyridine rings is 1. The highest BCUT2D eigenvalue weighted by Crippen LogP contribution is 2.29. The molecule has 0 aliphatic carbocycles. The molecule has 0 radical (unpaired) electrons. The number of aromatic nitrogens is 3. The van der Waals surface area contributed by atoms with E-state index in [9.17, 15) is 13.2 Å². The minimum absolute atomic E-state index is 0.00521. The minimum Gasteiger partial charge on any atom is -0.381 e. The summed E-state index contributed by atoms with van der Waals surface area (Å²) in [6, 6.07) is 11.5. The van der Waals surface area contributed by atoms with E-state index in [0.717, 1.165) is 12.7 Å². The number of primary amides is 1. The second-order valence-corrected chi connectivity index (χ2v) is 9.35. The van der Waals surface area contributed by atoms with Gasteiger partial charge >= 0.3 is 0 Å². The maximum atomic E-state index is 12.0. The van der Waals surface area contributed by atoms with Gasteiger partial charge in [0.2, 0.25) is 0 Å². The fraction of sp³-hybridized carbons (Fsp3) is 0.238. The lowest BCUT2D eigenvalue weighted by molar-refractivity contribution is 0.0998. The monoisotopic (exact) mass is 454 g/mol. The molecule has 32 heavy (non-hydrogen) atoms. The summed E-state index contributed by atoms with van der Waals surface area (Å²) in [5.41, 5.74) is 6.88. The molecule has 1 atom stereocenters. The summed E-state index contributed by atoms with van der Waals surface area (Å²) in [5, 5.41) is 6.11. The van der Waals surface area contributed by atoms with Gasteiger partial charge in [-0.15, -0.1) is 0 Å². The minimum atomic E-state index is -3.42. The molecule has 11 heteroatoms. The number of rotatable bonds is 7. The van der Waals surface area contributed by atoms with Gasteiger partial charge in [0, 0.05) is 24.8 Å². The number of anilines is 4. The molecule has 0 saturated carbocycles. The summed E-state index contributed by atoms with van der Waals surface area (Å²) in [5.74, 6) is 0.778. The number of carbonyl (C=O) groups is 1. The highest BCUT2D eigenvalue weighted by atomic mass is 32.2. The van der Waals surface area contributed by atoms with Crippen molar-refractivity contribution in [3.8, 4) is 0 Å². The molecule has 1 amide bonds. The van der Waals surface area contributed by atoms with E-state index in [1.54, 1.807) is 36.4 Å². The van der Waals surface area contributed by atoms with Gasteiger partial charge in [0.25, 0.3) is 5.91 Å². The molecular formula is C21H22N6O4S. The van der Waals surface area contributed by atoms with Crippen molar-refractivity contribution in [2.75, 3.05) is 30.1 Å². The molecule has 2 aromatic heterocycles. The fourth-order valence-electron chi connectivity index (χ4n) is 3.47. The van der Waals surface area contributed by atoms with Gasteiger partial charge in [-0.3, -0.25) is 4.79 Å². The lowest BCUT2D eigenvalue weighted by Crippen LogP contribution is -2.17. The van der Waals surface area contributed by atoms with Crippen LogP contribution in [-0.2, 0) is 14.6 Å². The number of carbonyl (C=O) groups excluding carboxylic acids is 1. The van der Waals surface area contributed by atoms with Gasteiger partial charge in [-0.05, 0) is 30.7 Å². The first-order chi connectivity index (χ1) is 15.3. The van der Waals surface area contributed by atoms with Gasteiger partial charge in [0.05, 0.1) is 28.4 Å². The largest absolute Gasteiger partial charge is 0.381 e. The van der Waals surface area contributed by atoms with Crippen molar-refractivity contribution in [3.63, 3.8) is 0 Å². The zero-order valence-electron chi connectivity index (χ0n) is 17.3. The number of ether oxygens (including phenoxy) is 1. The van der Waals surface area contributed by atoms with Gasteiger partial charge in [-0.1, -0.05) is 12.1 Å². The van der Waals surface area contributed by atoms with Crippen molar-refractivity contribution < 1.29 is 17.9 Å². The lowest BCUT2D eigenvalue weighted by Gasteiger charge is -2.14. The maximum Gasteiger partial charge on any atom is 0.250 e. The van der Waals surface area contributed by atoms with Crippen LogP contribution in [0.5, 0.6) is 0 Å². The highest BCUT2D eigenvalue weighted by molar-refractivity contribution is 7.90. The molecule has 1 aliphatic heterocycles. The second-order valence-electron chi connectivity index (χ2n) is 7.36. The molecule has 166 valence electrons. The first-order valence-corrected chi connectivity index (χ1v) is 11.7. The molecule has 4 N–H and O–H groups in total. The molecular weight excluding hydrogens is 432 g/mol. The van der Waals surface area contributed by atoms with Gasteiger partial charge in [-0.25, -0.2) is 23.4 Å². The van der Waals surface area contributed by atoms with Crippen molar-refractivity contribution in [2.45, 2.75) is 17.2 Å². The summed E-state index contributed by atoms with van der Waals surface area (Å²) in [6.45, 7) is 1.09. The van der Waals surface area contributed by atoms with Crippen LogP contribution in [0.3, 0.4) is 0 Å². The molecule has 1 aliphatic rings. The average molecular weight is 455 g/mol. The summed E-state index contributed by atoms with van der Waals surface area (Å²) < 4.78 is 29.5. The molecule has 0 spiro atoms. The van der Waals surface area contributed by atoms with Crippen LogP contribution in [-0.4, -0.2) is 48.7 Å². The van der Waals surface area contributed by atoms with Gasteiger partial charge in [-0.2, -0.15) is 0 Å². The van der Waals surface area contributed by atoms with Gasteiger partial charge in [0.15, 0.2) is 9.84 Å². The Kier molecular flexibility index (Phi) is 6.01. The Labute approximate surface area is 185 Å². The molecule has 1 fully saturated rings. The predicted octanol–water partition coefficient (Wildman–Crippen LogP) is 2.37. The standard InChI is InChI=1S/C21H22N6O4S/c1-32(29,30)16-5-3-2-4-15(16)25-18-10-19(24-12-23-18)26-17-7-6-14(21(22)28)20(27-17)13-8-9-31-11-13/h2-7,10,12-13H,8-9,11H2,1H3,(H2,22,28)(H2,23,24,25,26,27). The number of benzene rings is 1. The van der Waals surface area contributed by atoms with Crippen LogP contribution in [0.25, 0.3) is 0 Å². The summed E-state index contributed by atoms with van der Waals surface area (Å²) >= 11 is 0. The number of nitrogens with two attached hydrogens (primary N) is 1. The van der Waals surface area contributed by atoms with Crippen molar-refractivity contribution in [1.82, 2.24) is 15.0 Å². The smallest absolute Gasteiger partial charge is 0.250 e. The van der Waals surface area contributed by atoms with Crippen LogP contribution >= 0.6 is 0 Å². The van der Waals surface area contributed by atoms with Crippen LogP contribution in [0.2, 0.25) is 0 Å². The van der Waals surface area contributed by atoms with Crippen molar-refractivity contribution in [2.24, 2.45) is 5.73 Å². The Bertz CT molecular complexity index is 1260. The zero-order chi connectivity index (χ0) is 22.7. The topological polar surface area (TPSA) is 149 Å². The Hall–Kier alpha value is -3.57. The van der Waals surface area contributed by atoms with E-state index in [0.29, 0.717) is 47.6 Å². The molecule has 4 rings (SSSR count). The third-order valence-electron chi connectivity index (χ3n) is 4.98. The number of nitrogens with one attached hydrogen (secondary N) is 2. The fourth-order valence-corrected chi connectivity index (χ4v) is 4.32. The first-order valence-electron chi connectivity index (χ1n) is 9.85. The number of hydrogen-bond acceptors (Lipinski definition) is 9. The van der Waals surface area contributed by atoms with Crippen LogP contribution < -0.4 is 16.4 Å². The Balaban J connectivity index is 1.59. The van der Waals surface area contributed by atoms with E-state index >= 15 is 0 Å². The highest BCUT2D eigenvalue weighted by Gasteiger charge is 2.24. The molecule has 0 bridgehead atoms. The number of hydrogen-bond donors (Lipinski definition) is 3. The first kappa shape index (κ1) is 21.7. The van der Waals surface area contributed by atoms with Crippen molar-refractivity contribution in [3.05, 3.63) is 60.0 Å². The van der Waals surface area contributed by atoms with E-state index < -0.39 is 15.7 Å². The molecule has 1 saturated heterocycles. The number of sulfone groups is 1. The molecule has 1 aromatic carbocycles. The van der Waals surface area contributed by atoms with Crippen molar-refractivity contribution >= 4 is 38.9 Å². The third-order valence-corrected chi connectivity index (χ3v) is 6.13. The van der Waals surface area contributed by atoms with E-state index in [1.165, 1.54) is 12.4 Å². The average Bonchev–Trinajstić information content (AvgIpc) is 3.28. The predicted molar refractivity (Wildman–Crippen MR) is 119 cm³/mol. The van der Waals surface area contributed by atoms with Crippen LogP contribution in [0.1, 0.15) is 28.4 Å². The summed E-state index contributed by atoms with van der Waals surface area (Å²) in [7, 11) is -3.42. The van der Waals surface area contributed by atoms with Crippen LogP contribution in [0.4, 0.5) is 23.1 Å². The summed E-state index contributed by atoms with van der Waals surface area (Å²) in [6.07, 6.45) is 3.25. The van der Waals surface area contributed by atoms with E-state index in [2.05, 4.69) is 25.6 Å². The van der Waals surface area contributed by atoms with E-state index in [-0.39, 0.29) is 10.8 Å². The summed E-state index contributed by atoms with van der Waals surface area (Å²) in [4.78, 5) is 24.9. The Morgan fingerprint density at radius 3 is 2.53 bits per heavy atom. The molecule has 3 aromatic rings. The number of para-hydroxylation sites is 1. The Morgan fingerprint density at radius 2 is 1.84 bits per heavy atom. The van der Waals surface area contributed by atoms with E-state index in [4.69, 9.17) is 10.5 Å². The second kappa shape index (κ2) is 8.89. The molecule has 1 unspecified atom stereocenters. The quantitative estimate of drug-likeness (QED) is 0.489. The molecule has 3 heterocycles.